The lowest BCUT2D eigenvalue weighted by atomic mass is 10.1. The normalized spacial score (nSPS) is 17.9. The minimum atomic E-state index is -0.938. The van der Waals surface area contributed by atoms with Crippen molar-refractivity contribution >= 4 is 23.5 Å². The number of amides is 2. The Balaban J connectivity index is 2.24. The van der Waals surface area contributed by atoms with Crippen LogP contribution in [-0.2, 0) is 14.4 Å². The number of carbonyl (C=O) groups excluding carboxylic acids is 2. The Labute approximate surface area is 116 Å². The van der Waals surface area contributed by atoms with Gasteiger partial charge >= 0.3 is 5.97 Å². The molecule has 2 rings (SSSR count). The maximum Gasteiger partial charge on any atom is 0.305 e. The Morgan fingerprint density at radius 1 is 1.35 bits per heavy atom. The maximum absolute atomic E-state index is 11.8. The number of nitrogens with zero attached hydrogens (tertiary/aromatic N) is 1. The monoisotopic (exact) mass is 276 g/mol. The van der Waals surface area contributed by atoms with Crippen LogP contribution in [0, 0.1) is 6.92 Å². The molecule has 1 saturated heterocycles. The molecule has 1 fully saturated rings. The van der Waals surface area contributed by atoms with E-state index < -0.39 is 12.0 Å². The summed E-state index contributed by atoms with van der Waals surface area (Å²) in [5, 5.41) is 11.1. The van der Waals surface area contributed by atoms with Crippen molar-refractivity contribution in [3.8, 4) is 0 Å². The molecule has 1 atom stereocenters. The molecule has 0 aromatic heterocycles. The van der Waals surface area contributed by atoms with Gasteiger partial charge in [0.2, 0.25) is 11.8 Å². The molecule has 2 N–H and O–H groups in total. The first kappa shape index (κ1) is 14.0. The summed E-state index contributed by atoms with van der Waals surface area (Å²) in [6.07, 6.45) is -0.0296. The molecule has 20 heavy (non-hydrogen) atoms. The predicted octanol–water partition coefficient (Wildman–Crippen LogP) is 0.691. The fraction of sp³-hybridized carbons (Fsp3) is 0.357. The number of carboxylic acids is 1. The number of rotatable bonds is 5. The standard InChI is InChI=1S/C14H16N2O4/c1-9-2-4-10(5-3-9)16(7-6-13(18)19)11-8-12(17)15-14(11)20/h2-5,11H,6-8H2,1H3,(H,18,19)(H,15,17,20). The van der Waals surface area contributed by atoms with Crippen molar-refractivity contribution in [1.82, 2.24) is 5.32 Å². The SMILES string of the molecule is Cc1ccc(N(CCC(=O)O)C2CC(=O)NC2=O)cc1. The number of aryl methyl sites for hydroxylation is 1. The molecule has 6 nitrogen and oxygen atoms in total. The van der Waals surface area contributed by atoms with Crippen LogP contribution in [0.5, 0.6) is 0 Å². The first-order valence-electron chi connectivity index (χ1n) is 6.36. The van der Waals surface area contributed by atoms with Gasteiger partial charge in [0, 0.05) is 12.2 Å². The highest BCUT2D eigenvalue weighted by Gasteiger charge is 2.35. The second-order valence-electron chi connectivity index (χ2n) is 4.81. The maximum atomic E-state index is 11.8. The highest BCUT2D eigenvalue weighted by Crippen LogP contribution is 2.22. The topological polar surface area (TPSA) is 86.7 Å². The molecule has 0 spiro atoms. The van der Waals surface area contributed by atoms with E-state index in [0.29, 0.717) is 0 Å². The first-order chi connectivity index (χ1) is 9.47. The Kier molecular flexibility index (Phi) is 4.02. The van der Waals surface area contributed by atoms with Crippen LogP contribution in [0.1, 0.15) is 18.4 Å². The zero-order valence-corrected chi connectivity index (χ0v) is 11.1. The molecule has 0 radical (unpaired) electrons. The van der Waals surface area contributed by atoms with Crippen LogP contribution >= 0.6 is 0 Å². The Morgan fingerprint density at radius 3 is 2.50 bits per heavy atom. The van der Waals surface area contributed by atoms with Gasteiger partial charge in [-0.15, -0.1) is 0 Å². The summed E-state index contributed by atoms with van der Waals surface area (Å²) in [5.74, 6) is -1.64. The third kappa shape index (κ3) is 3.14. The van der Waals surface area contributed by atoms with Gasteiger partial charge in [-0.25, -0.2) is 0 Å². The number of imide groups is 1. The van der Waals surface area contributed by atoms with E-state index >= 15 is 0 Å². The zero-order chi connectivity index (χ0) is 14.7. The number of carboxylic acid groups (broad SMARTS) is 1. The smallest absolute Gasteiger partial charge is 0.305 e. The lowest BCUT2D eigenvalue weighted by Crippen LogP contribution is -2.42. The van der Waals surface area contributed by atoms with Crippen LogP contribution in [-0.4, -0.2) is 35.5 Å². The van der Waals surface area contributed by atoms with Crippen molar-refractivity contribution in [3.63, 3.8) is 0 Å². The zero-order valence-electron chi connectivity index (χ0n) is 11.1. The number of benzene rings is 1. The van der Waals surface area contributed by atoms with Crippen molar-refractivity contribution in [1.29, 1.82) is 0 Å². The minimum absolute atomic E-state index is 0.0618. The number of aliphatic carboxylic acids is 1. The third-order valence-electron chi connectivity index (χ3n) is 3.25. The van der Waals surface area contributed by atoms with Crippen LogP contribution < -0.4 is 10.2 Å². The van der Waals surface area contributed by atoms with Crippen LogP contribution in [0.4, 0.5) is 5.69 Å². The fourth-order valence-electron chi connectivity index (χ4n) is 2.21. The summed E-state index contributed by atoms with van der Waals surface area (Å²) in [5.41, 5.74) is 1.81. The Bertz CT molecular complexity index is 539. The summed E-state index contributed by atoms with van der Waals surface area (Å²) in [6, 6.07) is 6.79. The van der Waals surface area contributed by atoms with Gasteiger partial charge in [0.1, 0.15) is 6.04 Å². The number of nitrogens with one attached hydrogen (secondary N) is 1. The van der Waals surface area contributed by atoms with Crippen LogP contribution in [0.15, 0.2) is 24.3 Å². The van der Waals surface area contributed by atoms with Gasteiger partial charge < -0.3 is 10.0 Å². The second kappa shape index (κ2) is 5.73. The van der Waals surface area contributed by atoms with Crippen molar-refractivity contribution in [3.05, 3.63) is 29.8 Å². The third-order valence-corrected chi connectivity index (χ3v) is 3.25. The summed E-state index contributed by atoms with van der Waals surface area (Å²) in [7, 11) is 0. The molecule has 6 heteroatoms. The van der Waals surface area contributed by atoms with Crippen LogP contribution in [0.2, 0.25) is 0 Å². The molecular formula is C14H16N2O4. The van der Waals surface area contributed by atoms with Crippen molar-refractivity contribution in [2.75, 3.05) is 11.4 Å². The van der Waals surface area contributed by atoms with Gasteiger partial charge in [0.25, 0.3) is 0 Å². The van der Waals surface area contributed by atoms with Gasteiger partial charge in [-0.05, 0) is 19.1 Å². The van der Waals surface area contributed by atoms with Gasteiger partial charge in [0.15, 0.2) is 0 Å². The molecule has 0 saturated carbocycles. The number of hydrogen-bond donors (Lipinski definition) is 2. The van der Waals surface area contributed by atoms with Gasteiger partial charge in [-0.2, -0.15) is 0 Å². The molecule has 1 aromatic rings. The van der Waals surface area contributed by atoms with Crippen molar-refractivity contribution in [2.24, 2.45) is 0 Å². The highest BCUT2D eigenvalue weighted by atomic mass is 16.4. The largest absolute Gasteiger partial charge is 0.481 e. The number of hydrogen-bond acceptors (Lipinski definition) is 4. The summed E-state index contributed by atoms with van der Waals surface area (Å²) >= 11 is 0. The average molecular weight is 276 g/mol. The number of anilines is 1. The lowest BCUT2D eigenvalue weighted by molar-refractivity contribution is -0.137. The molecule has 1 unspecified atom stereocenters. The van der Waals surface area contributed by atoms with E-state index in [-0.39, 0.29) is 31.2 Å². The van der Waals surface area contributed by atoms with E-state index in [4.69, 9.17) is 5.11 Å². The van der Waals surface area contributed by atoms with E-state index in [1.54, 1.807) is 4.90 Å². The second-order valence-corrected chi connectivity index (χ2v) is 4.81. The summed E-state index contributed by atoms with van der Waals surface area (Å²) in [4.78, 5) is 35.5. The van der Waals surface area contributed by atoms with Gasteiger partial charge in [-0.3, -0.25) is 19.7 Å². The number of carbonyl (C=O) groups is 3. The van der Waals surface area contributed by atoms with Crippen LogP contribution in [0.3, 0.4) is 0 Å². The van der Waals surface area contributed by atoms with Crippen molar-refractivity contribution < 1.29 is 19.5 Å². The summed E-state index contributed by atoms with van der Waals surface area (Å²) in [6.45, 7) is 2.13. The van der Waals surface area contributed by atoms with E-state index in [2.05, 4.69) is 5.32 Å². The highest BCUT2D eigenvalue weighted by molar-refractivity contribution is 6.07. The predicted molar refractivity (Wildman–Crippen MR) is 72.3 cm³/mol. The van der Waals surface area contributed by atoms with Crippen LogP contribution in [0.25, 0.3) is 0 Å². The van der Waals surface area contributed by atoms with E-state index in [9.17, 15) is 14.4 Å². The quantitative estimate of drug-likeness (QED) is 0.773. The first-order valence-corrected chi connectivity index (χ1v) is 6.36. The summed E-state index contributed by atoms with van der Waals surface area (Å²) < 4.78 is 0. The van der Waals surface area contributed by atoms with E-state index in [1.807, 2.05) is 31.2 Å². The Hall–Kier alpha value is -2.37. The Morgan fingerprint density at radius 2 is 2.00 bits per heavy atom. The molecule has 1 aliphatic heterocycles. The van der Waals surface area contributed by atoms with Gasteiger partial charge in [0.05, 0.1) is 12.8 Å². The lowest BCUT2D eigenvalue weighted by Gasteiger charge is -2.28. The van der Waals surface area contributed by atoms with E-state index in [1.165, 1.54) is 0 Å². The van der Waals surface area contributed by atoms with Gasteiger partial charge in [-0.1, -0.05) is 17.7 Å². The fourth-order valence-corrected chi connectivity index (χ4v) is 2.21. The molecule has 2 amide bonds. The molecule has 1 heterocycles. The van der Waals surface area contributed by atoms with E-state index in [0.717, 1.165) is 11.3 Å². The molecule has 1 aromatic carbocycles. The molecule has 106 valence electrons. The minimum Gasteiger partial charge on any atom is -0.481 e. The molecule has 0 bridgehead atoms. The molecule has 0 aliphatic carbocycles. The van der Waals surface area contributed by atoms with Crippen molar-refractivity contribution in [2.45, 2.75) is 25.8 Å². The average Bonchev–Trinajstić information content (AvgIpc) is 2.71. The molecular weight excluding hydrogens is 260 g/mol. The molecule has 1 aliphatic rings.